The van der Waals surface area contributed by atoms with E-state index in [9.17, 15) is 0 Å². The Morgan fingerprint density at radius 1 is 1.50 bits per heavy atom. The molecule has 0 aromatic carbocycles. The summed E-state index contributed by atoms with van der Waals surface area (Å²) in [5.41, 5.74) is 5.55. The van der Waals surface area contributed by atoms with Crippen LogP contribution >= 0.6 is 11.6 Å². The average Bonchev–Trinajstić information content (AvgIpc) is 2.28. The third-order valence-corrected chi connectivity index (χ3v) is 2.26. The highest BCUT2D eigenvalue weighted by Gasteiger charge is 2.06. The third-order valence-electron chi connectivity index (χ3n) is 2.05. The Hall–Kier alpha value is -0.840. The van der Waals surface area contributed by atoms with Gasteiger partial charge in [0.25, 0.3) is 0 Å². The van der Waals surface area contributed by atoms with Gasteiger partial charge in [-0.1, -0.05) is 11.6 Å². The maximum atomic E-state index is 5.78. The molecule has 0 aliphatic rings. The number of ether oxygens (including phenoxy) is 2. The topological polar surface area (TPSA) is 57.4 Å². The highest BCUT2D eigenvalue weighted by Crippen LogP contribution is 2.15. The Labute approximate surface area is 101 Å². The summed E-state index contributed by atoms with van der Waals surface area (Å²) in [5, 5.41) is 0.567. The van der Waals surface area contributed by atoms with Gasteiger partial charge >= 0.3 is 0 Å². The number of aromatic nitrogens is 1. The third kappa shape index (κ3) is 4.79. The molecule has 0 fully saturated rings. The number of hydrogen-bond donors (Lipinski definition) is 1. The Balaban J connectivity index is 2.29. The monoisotopic (exact) mass is 244 g/mol. The lowest BCUT2D eigenvalue weighted by Crippen LogP contribution is -2.25. The number of rotatable bonds is 7. The predicted molar refractivity (Wildman–Crippen MR) is 63.8 cm³/mol. The lowest BCUT2D eigenvalue weighted by atomic mass is 10.2. The van der Waals surface area contributed by atoms with Crippen molar-refractivity contribution in [3.8, 4) is 5.75 Å². The maximum Gasteiger partial charge on any atom is 0.139 e. The van der Waals surface area contributed by atoms with Crippen LogP contribution in [-0.4, -0.2) is 30.8 Å². The first-order valence-electron chi connectivity index (χ1n) is 5.31. The van der Waals surface area contributed by atoms with Gasteiger partial charge in [0.05, 0.1) is 23.9 Å². The zero-order chi connectivity index (χ0) is 11.8. The van der Waals surface area contributed by atoms with Crippen LogP contribution < -0.4 is 10.5 Å². The molecule has 1 aromatic rings. The molecule has 0 spiro atoms. The Morgan fingerprint density at radius 3 is 2.94 bits per heavy atom. The molecule has 1 atom stereocenters. The van der Waals surface area contributed by atoms with Gasteiger partial charge in [-0.3, -0.25) is 4.98 Å². The van der Waals surface area contributed by atoms with Crippen LogP contribution in [0.4, 0.5) is 0 Å². The summed E-state index contributed by atoms with van der Waals surface area (Å²) < 4.78 is 10.9. The van der Waals surface area contributed by atoms with E-state index in [1.165, 1.54) is 0 Å². The van der Waals surface area contributed by atoms with Crippen molar-refractivity contribution in [1.82, 2.24) is 4.98 Å². The van der Waals surface area contributed by atoms with Crippen molar-refractivity contribution in [2.45, 2.75) is 19.4 Å². The van der Waals surface area contributed by atoms with Crippen molar-refractivity contribution in [3.05, 3.63) is 23.5 Å². The van der Waals surface area contributed by atoms with Gasteiger partial charge in [-0.2, -0.15) is 0 Å². The summed E-state index contributed by atoms with van der Waals surface area (Å²) in [4.78, 5) is 3.93. The summed E-state index contributed by atoms with van der Waals surface area (Å²) >= 11 is 5.78. The number of pyridine rings is 1. The second-order valence-electron chi connectivity index (χ2n) is 3.29. The van der Waals surface area contributed by atoms with E-state index >= 15 is 0 Å². The highest BCUT2D eigenvalue weighted by molar-refractivity contribution is 6.30. The van der Waals surface area contributed by atoms with Crippen LogP contribution in [0.2, 0.25) is 5.02 Å². The standard InChI is InChI=1S/C11H17ClN2O2/c1-2-15-10(6-13)3-4-16-11-5-9(12)7-14-8-11/h5,7-8,10H,2-4,6,13H2,1H3. The van der Waals surface area contributed by atoms with Crippen LogP contribution in [0.3, 0.4) is 0 Å². The van der Waals surface area contributed by atoms with Crippen molar-refractivity contribution in [3.63, 3.8) is 0 Å². The van der Waals surface area contributed by atoms with Gasteiger partial charge in [-0.25, -0.2) is 0 Å². The summed E-state index contributed by atoms with van der Waals surface area (Å²) in [7, 11) is 0. The largest absolute Gasteiger partial charge is 0.492 e. The molecule has 1 aromatic heterocycles. The van der Waals surface area contributed by atoms with Crippen molar-refractivity contribution in [2.75, 3.05) is 19.8 Å². The fourth-order valence-corrected chi connectivity index (χ4v) is 1.45. The SMILES string of the molecule is CCOC(CN)CCOc1cncc(Cl)c1. The predicted octanol–water partition coefficient (Wildman–Crippen LogP) is 1.87. The Kier molecular flexibility index (Phi) is 6.15. The minimum Gasteiger partial charge on any atom is -0.492 e. The van der Waals surface area contributed by atoms with Crippen LogP contribution in [0.15, 0.2) is 18.5 Å². The van der Waals surface area contributed by atoms with E-state index in [-0.39, 0.29) is 6.10 Å². The van der Waals surface area contributed by atoms with Gasteiger partial charge in [0.15, 0.2) is 0 Å². The van der Waals surface area contributed by atoms with Gasteiger partial charge < -0.3 is 15.2 Å². The average molecular weight is 245 g/mol. The van der Waals surface area contributed by atoms with E-state index in [4.69, 9.17) is 26.8 Å². The smallest absolute Gasteiger partial charge is 0.139 e. The first-order chi connectivity index (χ1) is 7.76. The van der Waals surface area contributed by atoms with E-state index in [1.807, 2.05) is 6.92 Å². The van der Waals surface area contributed by atoms with E-state index in [2.05, 4.69) is 4.98 Å². The molecule has 1 heterocycles. The second-order valence-corrected chi connectivity index (χ2v) is 3.73. The number of nitrogens with two attached hydrogens (primary N) is 1. The summed E-state index contributed by atoms with van der Waals surface area (Å²) in [6.45, 7) is 3.67. The number of halogens is 1. The zero-order valence-corrected chi connectivity index (χ0v) is 10.1. The molecule has 5 heteroatoms. The van der Waals surface area contributed by atoms with Crippen molar-refractivity contribution in [1.29, 1.82) is 0 Å². The lowest BCUT2D eigenvalue weighted by molar-refractivity contribution is 0.0526. The molecule has 0 aliphatic heterocycles. The minimum absolute atomic E-state index is 0.0529. The summed E-state index contributed by atoms with van der Waals surface area (Å²) in [6.07, 6.45) is 4.01. The molecule has 0 radical (unpaired) electrons. The van der Waals surface area contributed by atoms with Gasteiger partial charge in [-0.05, 0) is 6.92 Å². The van der Waals surface area contributed by atoms with Crippen LogP contribution in [0.1, 0.15) is 13.3 Å². The molecular weight excluding hydrogens is 228 g/mol. The minimum atomic E-state index is 0.0529. The van der Waals surface area contributed by atoms with E-state index in [0.29, 0.717) is 30.5 Å². The maximum absolute atomic E-state index is 5.78. The van der Waals surface area contributed by atoms with E-state index in [0.717, 1.165) is 6.42 Å². The summed E-state index contributed by atoms with van der Waals surface area (Å²) in [5.74, 6) is 0.666. The van der Waals surface area contributed by atoms with Crippen molar-refractivity contribution < 1.29 is 9.47 Å². The first-order valence-corrected chi connectivity index (χ1v) is 5.69. The Bertz CT molecular complexity index is 310. The molecule has 0 saturated carbocycles. The summed E-state index contributed by atoms with van der Waals surface area (Å²) in [6, 6.07) is 1.73. The number of hydrogen-bond acceptors (Lipinski definition) is 4. The van der Waals surface area contributed by atoms with Crippen molar-refractivity contribution in [2.24, 2.45) is 5.73 Å². The first kappa shape index (κ1) is 13.2. The molecule has 0 bridgehead atoms. The van der Waals surface area contributed by atoms with Crippen LogP contribution in [0, 0.1) is 0 Å². The molecular formula is C11H17ClN2O2. The molecule has 0 aliphatic carbocycles. The normalized spacial score (nSPS) is 12.4. The molecule has 0 saturated heterocycles. The van der Waals surface area contributed by atoms with Crippen LogP contribution in [-0.2, 0) is 4.74 Å². The van der Waals surface area contributed by atoms with Crippen molar-refractivity contribution >= 4 is 11.6 Å². The molecule has 1 unspecified atom stereocenters. The molecule has 1 rings (SSSR count). The van der Waals surface area contributed by atoms with Gasteiger partial charge in [0, 0.05) is 31.8 Å². The fraction of sp³-hybridized carbons (Fsp3) is 0.545. The molecule has 4 nitrogen and oxygen atoms in total. The second kappa shape index (κ2) is 7.44. The van der Waals surface area contributed by atoms with E-state index < -0.39 is 0 Å². The van der Waals surface area contributed by atoms with Crippen LogP contribution in [0.5, 0.6) is 5.75 Å². The van der Waals surface area contributed by atoms with Gasteiger partial charge in [0.1, 0.15) is 5.75 Å². The zero-order valence-electron chi connectivity index (χ0n) is 9.36. The van der Waals surface area contributed by atoms with Gasteiger partial charge in [-0.15, -0.1) is 0 Å². The molecule has 16 heavy (non-hydrogen) atoms. The van der Waals surface area contributed by atoms with Gasteiger partial charge in [0.2, 0.25) is 0 Å². The lowest BCUT2D eigenvalue weighted by Gasteiger charge is -2.14. The van der Waals surface area contributed by atoms with E-state index in [1.54, 1.807) is 18.5 Å². The molecule has 0 amide bonds. The Morgan fingerprint density at radius 2 is 2.31 bits per heavy atom. The number of nitrogens with zero attached hydrogens (tertiary/aromatic N) is 1. The molecule has 90 valence electrons. The quantitative estimate of drug-likeness (QED) is 0.796. The van der Waals surface area contributed by atoms with Crippen LogP contribution in [0.25, 0.3) is 0 Å². The molecule has 2 N–H and O–H groups in total. The fourth-order valence-electron chi connectivity index (χ4n) is 1.28. The highest BCUT2D eigenvalue weighted by atomic mass is 35.5.